The molecule has 0 aromatic rings. The molecule has 5 heteroatoms. The highest BCUT2D eigenvalue weighted by Crippen LogP contribution is 2.23. The summed E-state index contributed by atoms with van der Waals surface area (Å²) < 4.78 is 0. The van der Waals surface area contributed by atoms with E-state index in [-0.39, 0.29) is 36.9 Å². The Labute approximate surface area is 121 Å². The third-order valence-electron chi connectivity index (χ3n) is 3.83. The number of amides is 2. The van der Waals surface area contributed by atoms with Gasteiger partial charge in [0, 0.05) is 24.0 Å². The average molecular weight is 284 g/mol. The zero-order valence-electron chi connectivity index (χ0n) is 12.9. The van der Waals surface area contributed by atoms with E-state index in [2.05, 4.69) is 10.6 Å². The summed E-state index contributed by atoms with van der Waals surface area (Å²) in [5.41, 5.74) is -0.490. The van der Waals surface area contributed by atoms with Crippen molar-refractivity contribution in [1.82, 2.24) is 10.6 Å². The highest BCUT2D eigenvalue weighted by molar-refractivity contribution is 5.87. The summed E-state index contributed by atoms with van der Waals surface area (Å²) in [5, 5.41) is 15.0. The molecule has 116 valence electrons. The predicted octanol–water partition coefficient (Wildman–Crippen LogP) is 1.21. The second-order valence-electron chi connectivity index (χ2n) is 6.69. The Morgan fingerprint density at radius 2 is 1.80 bits per heavy atom. The molecule has 0 aromatic carbocycles. The van der Waals surface area contributed by atoms with E-state index in [0.29, 0.717) is 0 Å². The Morgan fingerprint density at radius 3 is 2.40 bits per heavy atom. The van der Waals surface area contributed by atoms with Crippen LogP contribution in [-0.4, -0.2) is 36.1 Å². The first-order valence-corrected chi connectivity index (χ1v) is 7.53. The second-order valence-corrected chi connectivity index (χ2v) is 6.69. The zero-order valence-corrected chi connectivity index (χ0v) is 12.9. The van der Waals surface area contributed by atoms with Crippen LogP contribution in [0.15, 0.2) is 0 Å². The molecule has 1 aliphatic rings. The van der Waals surface area contributed by atoms with Crippen molar-refractivity contribution in [1.29, 1.82) is 0 Å². The molecule has 2 unspecified atom stereocenters. The Kier molecular flexibility index (Phi) is 6.46. The minimum Gasteiger partial charge on any atom is -0.396 e. The van der Waals surface area contributed by atoms with Crippen LogP contribution >= 0.6 is 0 Å². The van der Waals surface area contributed by atoms with E-state index in [4.69, 9.17) is 0 Å². The molecule has 1 rings (SSSR count). The molecular formula is C15H28N2O3. The van der Waals surface area contributed by atoms with Crippen molar-refractivity contribution < 1.29 is 14.7 Å². The maximum atomic E-state index is 11.9. The zero-order chi connectivity index (χ0) is 15.2. The standard InChI is InChI=1S/C15H28N2O3/c1-15(2,3)14(20)16-9-13(19)17-12-8-6-4-5-7-11(12)10-18/h11-12,18H,4-10H2,1-3H3,(H,16,20)(H,17,19). The van der Waals surface area contributed by atoms with Crippen LogP contribution in [0.3, 0.4) is 0 Å². The van der Waals surface area contributed by atoms with E-state index in [1.165, 1.54) is 0 Å². The number of nitrogens with one attached hydrogen (secondary N) is 2. The van der Waals surface area contributed by atoms with Gasteiger partial charge in [-0.1, -0.05) is 40.0 Å². The van der Waals surface area contributed by atoms with Gasteiger partial charge in [0.1, 0.15) is 0 Å². The second kappa shape index (κ2) is 7.62. The lowest BCUT2D eigenvalue weighted by Crippen LogP contribution is -2.47. The van der Waals surface area contributed by atoms with E-state index in [9.17, 15) is 14.7 Å². The molecule has 1 fully saturated rings. The lowest BCUT2D eigenvalue weighted by atomic mass is 9.95. The molecule has 0 aromatic heterocycles. The summed E-state index contributed by atoms with van der Waals surface area (Å²) in [6.07, 6.45) is 5.21. The lowest BCUT2D eigenvalue weighted by Gasteiger charge is -2.25. The van der Waals surface area contributed by atoms with Crippen molar-refractivity contribution >= 4 is 11.8 Å². The predicted molar refractivity (Wildman–Crippen MR) is 78.1 cm³/mol. The SMILES string of the molecule is CC(C)(C)C(=O)NCC(=O)NC1CCCCCC1CO. The molecular weight excluding hydrogens is 256 g/mol. The minimum absolute atomic E-state index is 0.00471. The molecule has 20 heavy (non-hydrogen) atoms. The molecule has 0 heterocycles. The lowest BCUT2D eigenvalue weighted by molar-refractivity contribution is -0.131. The largest absolute Gasteiger partial charge is 0.396 e. The van der Waals surface area contributed by atoms with Gasteiger partial charge in [0.05, 0.1) is 6.54 Å². The van der Waals surface area contributed by atoms with Crippen LogP contribution in [0.4, 0.5) is 0 Å². The van der Waals surface area contributed by atoms with Crippen LogP contribution in [-0.2, 0) is 9.59 Å². The highest BCUT2D eigenvalue weighted by Gasteiger charge is 2.25. The van der Waals surface area contributed by atoms with E-state index in [1.807, 2.05) is 20.8 Å². The summed E-state index contributed by atoms with van der Waals surface area (Å²) in [5.74, 6) is -0.167. The molecule has 1 aliphatic carbocycles. The Bertz CT molecular complexity index is 337. The van der Waals surface area contributed by atoms with Gasteiger partial charge in [-0.05, 0) is 12.8 Å². The normalized spacial score (nSPS) is 23.8. The van der Waals surface area contributed by atoms with Crippen molar-refractivity contribution in [3.63, 3.8) is 0 Å². The summed E-state index contributed by atoms with van der Waals surface area (Å²) in [6, 6.07) is 0.0292. The van der Waals surface area contributed by atoms with Gasteiger partial charge in [-0.25, -0.2) is 0 Å². The number of carbonyl (C=O) groups is 2. The number of rotatable bonds is 4. The molecule has 5 nitrogen and oxygen atoms in total. The number of carbonyl (C=O) groups excluding carboxylic acids is 2. The first kappa shape index (κ1) is 17.0. The quantitative estimate of drug-likeness (QED) is 0.679. The Hall–Kier alpha value is -1.10. The van der Waals surface area contributed by atoms with E-state index in [0.717, 1.165) is 32.1 Å². The number of hydrogen-bond donors (Lipinski definition) is 3. The van der Waals surface area contributed by atoms with Gasteiger partial charge in [0.15, 0.2) is 0 Å². The third-order valence-corrected chi connectivity index (χ3v) is 3.83. The van der Waals surface area contributed by atoms with Crippen LogP contribution in [0, 0.1) is 11.3 Å². The molecule has 1 saturated carbocycles. The fraction of sp³-hybridized carbons (Fsp3) is 0.867. The first-order chi connectivity index (χ1) is 9.34. The topological polar surface area (TPSA) is 78.4 Å². The molecule has 0 saturated heterocycles. The van der Waals surface area contributed by atoms with Crippen LogP contribution in [0.1, 0.15) is 52.9 Å². The van der Waals surface area contributed by atoms with Gasteiger partial charge in [-0.15, -0.1) is 0 Å². The third kappa shape index (κ3) is 5.49. The monoisotopic (exact) mass is 284 g/mol. The number of hydrogen-bond acceptors (Lipinski definition) is 3. The fourth-order valence-corrected chi connectivity index (χ4v) is 2.48. The van der Waals surface area contributed by atoms with E-state index >= 15 is 0 Å². The van der Waals surface area contributed by atoms with Crippen LogP contribution in [0.5, 0.6) is 0 Å². The van der Waals surface area contributed by atoms with Crippen molar-refractivity contribution in [3.8, 4) is 0 Å². The smallest absolute Gasteiger partial charge is 0.239 e. The molecule has 0 aliphatic heterocycles. The van der Waals surface area contributed by atoms with Gasteiger partial charge < -0.3 is 15.7 Å². The van der Waals surface area contributed by atoms with Crippen LogP contribution < -0.4 is 10.6 Å². The number of aliphatic hydroxyl groups excluding tert-OH is 1. The van der Waals surface area contributed by atoms with Gasteiger partial charge >= 0.3 is 0 Å². The van der Waals surface area contributed by atoms with Gasteiger partial charge in [0.25, 0.3) is 0 Å². The highest BCUT2D eigenvalue weighted by atomic mass is 16.3. The van der Waals surface area contributed by atoms with E-state index in [1.54, 1.807) is 0 Å². The molecule has 0 bridgehead atoms. The molecule has 0 radical (unpaired) electrons. The maximum Gasteiger partial charge on any atom is 0.239 e. The summed E-state index contributed by atoms with van der Waals surface area (Å²) >= 11 is 0. The van der Waals surface area contributed by atoms with Crippen molar-refractivity contribution in [2.24, 2.45) is 11.3 Å². The van der Waals surface area contributed by atoms with Crippen LogP contribution in [0.25, 0.3) is 0 Å². The first-order valence-electron chi connectivity index (χ1n) is 7.53. The van der Waals surface area contributed by atoms with Gasteiger partial charge in [-0.3, -0.25) is 9.59 Å². The summed E-state index contributed by atoms with van der Waals surface area (Å²) in [6.45, 7) is 5.55. The van der Waals surface area contributed by atoms with Gasteiger partial charge in [-0.2, -0.15) is 0 Å². The molecule has 2 amide bonds. The average Bonchev–Trinajstić information content (AvgIpc) is 2.59. The Morgan fingerprint density at radius 1 is 1.15 bits per heavy atom. The molecule has 3 N–H and O–H groups in total. The van der Waals surface area contributed by atoms with Crippen molar-refractivity contribution in [2.75, 3.05) is 13.2 Å². The van der Waals surface area contributed by atoms with Gasteiger partial charge in [0.2, 0.25) is 11.8 Å². The van der Waals surface area contributed by atoms with Crippen molar-refractivity contribution in [3.05, 3.63) is 0 Å². The molecule has 2 atom stereocenters. The molecule has 0 spiro atoms. The van der Waals surface area contributed by atoms with E-state index < -0.39 is 5.41 Å². The number of aliphatic hydroxyl groups is 1. The maximum absolute atomic E-state index is 11.9. The summed E-state index contributed by atoms with van der Waals surface area (Å²) in [7, 11) is 0. The fourth-order valence-electron chi connectivity index (χ4n) is 2.48. The minimum atomic E-state index is -0.490. The Balaban J connectivity index is 2.42. The van der Waals surface area contributed by atoms with Crippen LogP contribution in [0.2, 0.25) is 0 Å². The van der Waals surface area contributed by atoms with Crippen molar-refractivity contribution in [2.45, 2.75) is 58.9 Å². The summed E-state index contributed by atoms with van der Waals surface area (Å²) in [4.78, 5) is 23.6.